The molecule has 0 bridgehead atoms. The Hall–Kier alpha value is -0.880. The van der Waals surface area contributed by atoms with Crippen molar-refractivity contribution in [1.29, 1.82) is 0 Å². The van der Waals surface area contributed by atoms with E-state index in [9.17, 15) is 13.2 Å². The first kappa shape index (κ1) is 15.1. The Balaban J connectivity index is 3.49. The van der Waals surface area contributed by atoms with Crippen LogP contribution in [0.2, 0.25) is 0 Å². The smallest absolute Gasteiger partial charge is 0.333 e. The van der Waals surface area contributed by atoms with Crippen LogP contribution in [0.4, 0.5) is 0 Å². The van der Waals surface area contributed by atoms with Crippen molar-refractivity contribution in [3.05, 3.63) is 12.2 Å². The van der Waals surface area contributed by atoms with Crippen LogP contribution in [0.25, 0.3) is 0 Å². The van der Waals surface area contributed by atoms with Crippen molar-refractivity contribution in [3.8, 4) is 0 Å². The van der Waals surface area contributed by atoms with E-state index in [-0.39, 0.29) is 5.75 Å². The Bertz CT molecular complexity index is 335. The molecule has 6 heteroatoms. The van der Waals surface area contributed by atoms with Crippen molar-refractivity contribution in [3.63, 3.8) is 0 Å². The van der Waals surface area contributed by atoms with Gasteiger partial charge in [-0.25, -0.2) is 17.9 Å². The molecular weight excluding hydrogens is 230 g/mol. The highest BCUT2D eigenvalue weighted by Gasteiger charge is 2.05. The van der Waals surface area contributed by atoms with Gasteiger partial charge in [0.05, 0.1) is 12.4 Å². The average molecular weight is 249 g/mol. The van der Waals surface area contributed by atoms with Crippen molar-refractivity contribution in [1.82, 2.24) is 4.72 Å². The molecular formula is C10H19NO4S. The van der Waals surface area contributed by atoms with Crippen molar-refractivity contribution in [2.24, 2.45) is 0 Å². The minimum atomic E-state index is -3.11. The van der Waals surface area contributed by atoms with Gasteiger partial charge in [-0.2, -0.15) is 0 Å². The number of carbonyl (C=O) groups excluding carboxylic acids is 1. The van der Waals surface area contributed by atoms with Crippen molar-refractivity contribution < 1.29 is 17.9 Å². The number of hydrogen-bond donors (Lipinski definition) is 1. The molecule has 0 amide bonds. The molecule has 0 aromatic carbocycles. The number of rotatable bonds is 8. The summed E-state index contributed by atoms with van der Waals surface area (Å²) in [6.45, 7) is 7.28. The topological polar surface area (TPSA) is 72.5 Å². The third-order valence-corrected chi connectivity index (χ3v) is 3.26. The molecule has 0 rings (SSSR count). The summed E-state index contributed by atoms with van der Waals surface area (Å²) >= 11 is 0. The summed E-state index contributed by atoms with van der Waals surface area (Å²) in [6.07, 6.45) is 1.27. The van der Waals surface area contributed by atoms with Crippen LogP contribution in [0.1, 0.15) is 26.7 Å². The zero-order valence-corrected chi connectivity index (χ0v) is 10.6. The molecule has 16 heavy (non-hydrogen) atoms. The fraction of sp³-hybridized carbons (Fsp3) is 0.700. The Morgan fingerprint density at radius 1 is 1.38 bits per heavy atom. The van der Waals surface area contributed by atoms with Gasteiger partial charge in [-0.1, -0.05) is 6.58 Å². The number of esters is 1. The lowest BCUT2D eigenvalue weighted by Gasteiger charge is -2.05. The van der Waals surface area contributed by atoms with Crippen molar-refractivity contribution in [2.45, 2.75) is 26.7 Å². The second-order valence-electron chi connectivity index (χ2n) is 3.42. The van der Waals surface area contributed by atoms with E-state index in [1.165, 1.54) is 0 Å². The lowest BCUT2D eigenvalue weighted by Crippen LogP contribution is -2.26. The van der Waals surface area contributed by atoms with Crippen LogP contribution in [-0.2, 0) is 19.6 Å². The maximum atomic E-state index is 11.0. The normalized spacial score (nSPS) is 11.1. The molecule has 0 spiro atoms. The first-order valence-corrected chi connectivity index (χ1v) is 6.84. The first-order chi connectivity index (χ1) is 7.39. The average Bonchev–Trinajstić information content (AvgIpc) is 2.22. The molecule has 0 saturated heterocycles. The van der Waals surface area contributed by atoms with Crippen LogP contribution in [0.15, 0.2) is 12.2 Å². The molecule has 94 valence electrons. The summed E-state index contributed by atoms with van der Waals surface area (Å²) < 4.78 is 29.3. The van der Waals surface area contributed by atoms with Gasteiger partial charge in [-0.15, -0.1) is 0 Å². The molecule has 0 unspecified atom stereocenters. The standard InChI is InChI=1S/C10H19NO4S/c1-4-16(13,14)11-7-5-6-8-15-10(12)9(2)3/h11H,2,4-8H2,1,3H3. The largest absolute Gasteiger partial charge is 0.462 e. The molecule has 0 heterocycles. The highest BCUT2D eigenvalue weighted by atomic mass is 32.2. The van der Waals surface area contributed by atoms with Crippen LogP contribution in [0.5, 0.6) is 0 Å². The monoisotopic (exact) mass is 249 g/mol. The van der Waals surface area contributed by atoms with Gasteiger partial charge in [-0.05, 0) is 26.7 Å². The van der Waals surface area contributed by atoms with Crippen LogP contribution in [0.3, 0.4) is 0 Å². The van der Waals surface area contributed by atoms with Gasteiger partial charge in [0.1, 0.15) is 0 Å². The van der Waals surface area contributed by atoms with Crippen molar-refractivity contribution in [2.75, 3.05) is 18.9 Å². The van der Waals surface area contributed by atoms with E-state index in [1.54, 1.807) is 13.8 Å². The van der Waals surface area contributed by atoms with Crippen molar-refractivity contribution >= 4 is 16.0 Å². The Morgan fingerprint density at radius 3 is 2.50 bits per heavy atom. The molecule has 0 aliphatic rings. The van der Waals surface area contributed by atoms with E-state index in [1.807, 2.05) is 0 Å². The predicted octanol–water partition coefficient (Wildman–Crippen LogP) is 0.825. The second kappa shape index (κ2) is 7.40. The van der Waals surface area contributed by atoms with Gasteiger partial charge < -0.3 is 4.74 Å². The Morgan fingerprint density at radius 2 is 2.00 bits per heavy atom. The van der Waals surface area contributed by atoms with E-state index in [0.717, 1.165) is 0 Å². The van der Waals surface area contributed by atoms with Crippen LogP contribution in [-0.4, -0.2) is 33.3 Å². The molecule has 0 aromatic rings. The third kappa shape index (κ3) is 7.42. The number of sulfonamides is 1. The Kier molecular flexibility index (Phi) is 7.00. The summed E-state index contributed by atoms with van der Waals surface area (Å²) in [5, 5.41) is 0. The van der Waals surface area contributed by atoms with Gasteiger partial charge >= 0.3 is 5.97 Å². The number of hydrogen-bond acceptors (Lipinski definition) is 4. The maximum Gasteiger partial charge on any atom is 0.333 e. The van der Waals surface area contributed by atoms with Crippen LogP contribution < -0.4 is 4.72 Å². The molecule has 0 radical (unpaired) electrons. The zero-order valence-electron chi connectivity index (χ0n) is 9.78. The second-order valence-corrected chi connectivity index (χ2v) is 5.52. The number of unbranched alkanes of at least 4 members (excludes halogenated alkanes) is 1. The van der Waals surface area contributed by atoms with Crippen LogP contribution in [0, 0.1) is 0 Å². The van der Waals surface area contributed by atoms with Gasteiger partial charge in [0.25, 0.3) is 0 Å². The Labute approximate surface area is 96.9 Å². The lowest BCUT2D eigenvalue weighted by atomic mass is 10.3. The lowest BCUT2D eigenvalue weighted by molar-refractivity contribution is -0.139. The van der Waals surface area contributed by atoms with Gasteiger partial charge in [-0.3, -0.25) is 0 Å². The van der Waals surface area contributed by atoms with Gasteiger partial charge in [0.15, 0.2) is 0 Å². The number of ether oxygens (including phenoxy) is 1. The third-order valence-electron chi connectivity index (χ3n) is 1.85. The summed E-state index contributed by atoms with van der Waals surface area (Å²) in [4.78, 5) is 10.9. The molecule has 0 saturated carbocycles. The summed E-state index contributed by atoms with van der Waals surface area (Å²) in [5.74, 6) is -0.327. The van der Waals surface area contributed by atoms with Crippen LogP contribution >= 0.6 is 0 Å². The minimum Gasteiger partial charge on any atom is -0.462 e. The summed E-state index contributed by atoms with van der Waals surface area (Å²) in [7, 11) is -3.11. The van der Waals surface area contributed by atoms with E-state index >= 15 is 0 Å². The number of nitrogens with one attached hydrogen (secondary N) is 1. The van der Waals surface area contributed by atoms with E-state index in [2.05, 4.69) is 11.3 Å². The minimum absolute atomic E-state index is 0.0810. The molecule has 0 aliphatic heterocycles. The molecule has 0 atom stereocenters. The van der Waals surface area contributed by atoms with E-state index in [4.69, 9.17) is 4.74 Å². The summed E-state index contributed by atoms with van der Waals surface area (Å²) in [5.41, 5.74) is 0.367. The molecule has 0 fully saturated rings. The molecule has 0 aromatic heterocycles. The number of carbonyl (C=O) groups is 1. The summed E-state index contributed by atoms with van der Waals surface area (Å²) in [6, 6.07) is 0. The quantitative estimate of drug-likeness (QED) is 0.393. The highest BCUT2D eigenvalue weighted by Crippen LogP contribution is 1.95. The molecule has 0 aliphatic carbocycles. The van der Waals surface area contributed by atoms with E-state index < -0.39 is 16.0 Å². The predicted molar refractivity (Wildman–Crippen MR) is 62.5 cm³/mol. The van der Waals surface area contributed by atoms with Gasteiger partial charge in [0.2, 0.25) is 10.0 Å². The fourth-order valence-corrected chi connectivity index (χ4v) is 1.50. The zero-order chi connectivity index (χ0) is 12.6. The van der Waals surface area contributed by atoms with E-state index in [0.29, 0.717) is 31.6 Å². The first-order valence-electron chi connectivity index (χ1n) is 5.19. The molecule has 5 nitrogen and oxygen atoms in total. The molecule has 1 N–H and O–H groups in total. The highest BCUT2D eigenvalue weighted by molar-refractivity contribution is 7.89. The maximum absolute atomic E-state index is 11.0. The SMILES string of the molecule is C=C(C)C(=O)OCCCCNS(=O)(=O)CC. The van der Waals surface area contributed by atoms with Gasteiger partial charge in [0, 0.05) is 12.1 Å². The fourth-order valence-electron chi connectivity index (χ4n) is 0.845.